The molecule has 1 unspecified atom stereocenters. The van der Waals surface area contributed by atoms with Gasteiger partial charge in [-0.15, -0.1) is 0 Å². The van der Waals surface area contributed by atoms with Gasteiger partial charge in [0.2, 0.25) is 5.78 Å². The summed E-state index contributed by atoms with van der Waals surface area (Å²) in [5.41, 5.74) is 2.54. The fourth-order valence-electron chi connectivity index (χ4n) is 3.90. The second-order valence-electron chi connectivity index (χ2n) is 7.58. The van der Waals surface area contributed by atoms with Crippen molar-refractivity contribution < 1.29 is 4.39 Å². The Morgan fingerprint density at radius 3 is 2.38 bits per heavy atom. The van der Waals surface area contributed by atoms with E-state index in [1.165, 1.54) is 21.3 Å². The van der Waals surface area contributed by atoms with E-state index in [4.69, 9.17) is 0 Å². The number of nitrogens with zero attached hydrogens (tertiary/aromatic N) is 5. The van der Waals surface area contributed by atoms with Crippen LogP contribution < -0.4 is 11.2 Å². The van der Waals surface area contributed by atoms with Crippen LogP contribution in [0.3, 0.4) is 0 Å². The van der Waals surface area contributed by atoms with Crippen LogP contribution in [-0.4, -0.2) is 23.1 Å². The molecule has 0 amide bonds. The first-order valence-corrected chi connectivity index (χ1v) is 9.70. The van der Waals surface area contributed by atoms with Crippen molar-refractivity contribution in [2.75, 3.05) is 0 Å². The third-order valence-electron chi connectivity index (χ3n) is 5.85. The predicted octanol–water partition coefficient (Wildman–Crippen LogP) is 2.92. The Labute approximate surface area is 166 Å². The summed E-state index contributed by atoms with van der Waals surface area (Å²) < 4.78 is 19.8. The third-order valence-corrected chi connectivity index (χ3v) is 5.85. The summed E-state index contributed by atoms with van der Waals surface area (Å²) in [6.07, 6.45) is 0.918. The highest BCUT2D eigenvalue weighted by Gasteiger charge is 2.24. The van der Waals surface area contributed by atoms with Crippen LogP contribution in [0.5, 0.6) is 0 Å². The van der Waals surface area contributed by atoms with Gasteiger partial charge in [0.05, 0.1) is 6.54 Å². The first kappa shape index (κ1) is 19.2. The Balaban J connectivity index is 2.05. The topological polar surface area (TPSA) is 66.2 Å². The Kier molecular flexibility index (Phi) is 4.44. The Morgan fingerprint density at radius 2 is 1.76 bits per heavy atom. The fraction of sp³-hybridized carbons (Fsp3) is 0.381. The molecule has 0 aliphatic rings. The average Bonchev–Trinajstić information content (AvgIpc) is 3.20. The Bertz CT molecular complexity index is 1350. The summed E-state index contributed by atoms with van der Waals surface area (Å²) in [4.78, 5) is 30.9. The van der Waals surface area contributed by atoms with Gasteiger partial charge in [0.25, 0.3) is 5.56 Å². The summed E-state index contributed by atoms with van der Waals surface area (Å²) in [5, 5.41) is 0. The lowest BCUT2D eigenvalue weighted by molar-refractivity contribution is 0.532. The normalized spacial score (nSPS) is 12.9. The second-order valence-corrected chi connectivity index (χ2v) is 7.58. The SMILES string of the molecule is CCC(C)n1c(C)c(C)n2c3c(=O)n(Cc4ccc(F)cc4)c(=O)n(C)c3nc12. The van der Waals surface area contributed by atoms with Gasteiger partial charge in [0, 0.05) is 24.5 Å². The molecule has 0 aliphatic carbocycles. The molecule has 1 aromatic carbocycles. The number of hydrogen-bond acceptors (Lipinski definition) is 3. The molecule has 0 aliphatic heterocycles. The predicted molar refractivity (Wildman–Crippen MR) is 110 cm³/mol. The van der Waals surface area contributed by atoms with Gasteiger partial charge in [-0.2, -0.15) is 4.98 Å². The molecule has 29 heavy (non-hydrogen) atoms. The number of rotatable bonds is 4. The number of imidazole rings is 2. The first-order chi connectivity index (χ1) is 13.8. The van der Waals surface area contributed by atoms with Gasteiger partial charge in [-0.1, -0.05) is 19.1 Å². The van der Waals surface area contributed by atoms with Crippen molar-refractivity contribution in [3.63, 3.8) is 0 Å². The van der Waals surface area contributed by atoms with Crippen molar-refractivity contribution in [3.05, 3.63) is 67.9 Å². The van der Waals surface area contributed by atoms with E-state index in [-0.39, 0.29) is 18.4 Å². The van der Waals surface area contributed by atoms with Gasteiger partial charge in [-0.05, 0) is 44.9 Å². The lowest BCUT2D eigenvalue weighted by Gasteiger charge is -2.13. The molecule has 8 heteroatoms. The summed E-state index contributed by atoms with van der Waals surface area (Å²) in [6, 6.07) is 6.00. The van der Waals surface area contributed by atoms with E-state index in [1.807, 2.05) is 18.2 Å². The van der Waals surface area contributed by atoms with Gasteiger partial charge in [0.1, 0.15) is 5.82 Å². The van der Waals surface area contributed by atoms with Crippen molar-refractivity contribution in [2.45, 2.75) is 46.7 Å². The number of aromatic nitrogens is 5. The molecule has 3 heterocycles. The molecule has 0 radical (unpaired) electrons. The van der Waals surface area contributed by atoms with Crippen molar-refractivity contribution in [1.29, 1.82) is 0 Å². The Morgan fingerprint density at radius 1 is 1.10 bits per heavy atom. The highest BCUT2D eigenvalue weighted by molar-refractivity contribution is 5.76. The maximum absolute atomic E-state index is 13.4. The van der Waals surface area contributed by atoms with Crippen molar-refractivity contribution in [2.24, 2.45) is 7.05 Å². The summed E-state index contributed by atoms with van der Waals surface area (Å²) in [7, 11) is 1.62. The molecule has 4 aromatic rings. The number of halogens is 1. The minimum absolute atomic E-state index is 0.0685. The molecule has 0 bridgehead atoms. The van der Waals surface area contributed by atoms with Gasteiger partial charge < -0.3 is 4.57 Å². The van der Waals surface area contributed by atoms with Gasteiger partial charge in [0.15, 0.2) is 11.2 Å². The van der Waals surface area contributed by atoms with Crippen LogP contribution in [0.15, 0.2) is 33.9 Å². The molecule has 1 atom stereocenters. The number of benzene rings is 1. The van der Waals surface area contributed by atoms with E-state index in [1.54, 1.807) is 19.2 Å². The second kappa shape index (κ2) is 6.72. The van der Waals surface area contributed by atoms with E-state index >= 15 is 0 Å². The largest absolute Gasteiger partial charge is 0.332 e. The highest BCUT2D eigenvalue weighted by Crippen LogP contribution is 2.25. The maximum atomic E-state index is 13.4. The lowest BCUT2D eigenvalue weighted by atomic mass is 10.2. The quantitative estimate of drug-likeness (QED) is 0.532. The van der Waals surface area contributed by atoms with E-state index in [9.17, 15) is 14.0 Å². The van der Waals surface area contributed by atoms with E-state index in [0.29, 0.717) is 22.5 Å². The highest BCUT2D eigenvalue weighted by atomic mass is 19.1. The standard InChI is InChI=1S/C21H24FN5O2/c1-6-12(2)26-13(3)14(4)27-17-18(23-20(26)27)24(5)21(29)25(19(17)28)11-15-7-9-16(22)10-8-15/h7-10,12H,6,11H2,1-5H3. The molecular formula is C21H24FN5O2. The average molecular weight is 397 g/mol. The zero-order chi connectivity index (χ0) is 21.0. The van der Waals surface area contributed by atoms with E-state index in [0.717, 1.165) is 17.8 Å². The van der Waals surface area contributed by atoms with Gasteiger partial charge in [-0.3, -0.25) is 18.3 Å². The fourth-order valence-corrected chi connectivity index (χ4v) is 3.90. The monoisotopic (exact) mass is 397 g/mol. The third kappa shape index (κ3) is 2.73. The van der Waals surface area contributed by atoms with Crippen LogP contribution in [0.2, 0.25) is 0 Å². The van der Waals surface area contributed by atoms with Crippen LogP contribution in [0.4, 0.5) is 4.39 Å². The van der Waals surface area contributed by atoms with E-state index < -0.39 is 11.2 Å². The molecule has 0 fully saturated rings. The maximum Gasteiger partial charge on any atom is 0.332 e. The van der Waals surface area contributed by atoms with Gasteiger partial charge >= 0.3 is 5.69 Å². The number of fused-ring (bicyclic) bond motifs is 3. The zero-order valence-corrected chi connectivity index (χ0v) is 17.2. The smallest absolute Gasteiger partial charge is 0.311 e. The molecule has 0 spiro atoms. The zero-order valence-electron chi connectivity index (χ0n) is 17.2. The summed E-state index contributed by atoms with van der Waals surface area (Å²) >= 11 is 0. The molecule has 0 N–H and O–H groups in total. The summed E-state index contributed by atoms with van der Waals surface area (Å²) in [5.74, 6) is 0.301. The van der Waals surface area contributed by atoms with Crippen molar-refractivity contribution in [3.8, 4) is 0 Å². The first-order valence-electron chi connectivity index (χ1n) is 9.70. The molecule has 0 saturated heterocycles. The van der Waals surface area contributed by atoms with E-state index in [2.05, 4.69) is 23.4 Å². The lowest BCUT2D eigenvalue weighted by Crippen LogP contribution is -2.39. The van der Waals surface area contributed by atoms with Gasteiger partial charge in [-0.25, -0.2) is 9.18 Å². The molecule has 3 aromatic heterocycles. The minimum atomic E-state index is -0.447. The molecule has 152 valence electrons. The van der Waals surface area contributed by atoms with Crippen LogP contribution in [0.1, 0.15) is 43.3 Å². The van der Waals surface area contributed by atoms with Crippen molar-refractivity contribution in [1.82, 2.24) is 23.1 Å². The van der Waals surface area contributed by atoms with Crippen molar-refractivity contribution >= 4 is 16.9 Å². The number of hydrogen-bond donors (Lipinski definition) is 0. The van der Waals surface area contributed by atoms with Crippen LogP contribution in [-0.2, 0) is 13.6 Å². The molecular weight excluding hydrogens is 373 g/mol. The minimum Gasteiger partial charge on any atom is -0.311 e. The summed E-state index contributed by atoms with van der Waals surface area (Å²) in [6.45, 7) is 8.25. The van der Waals surface area contributed by atoms with Crippen LogP contribution in [0.25, 0.3) is 16.9 Å². The van der Waals surface area contributed by atoms with Crippen LogP contribution in [0, 0.1) is 19.7 Å². The number of aryl methyl sites for hydroxylation is 2. The molecule has 4 rings (SSSR count). The molecule has 0 saturated carbocycles. The Hall–Kier alpha value is -3.16. The van der Waals surface area contributed by atoms with Crippen LogP contribution >= 0.6 is 0 Å². The molecule has 7 nitrogen and oxygen atoms in total.